The number of nitrogens with zero attached hydrogens (tertiary/aromatic N) is 5. The van der Waals surface area contributed by atoms with Crippen LogP contribution >= 0.6 is 0 Å². The largest absolute Gasteiger partial charge is 0.497 e. The van der Waals surface area contributed by atoms with Crippen molar-refractivity contribution in [3.05, 3.63) is 106 Å². The summed E-state index contributed by atoms with van der Waals surface area (Å²) in [7, 11) is 5.09. The average molecular weight is 574 g/mol. The Morgan fingerprint density at radius 1 is 0.953 bits per heavy atom. The summed E-state index contributed by atoms with van der Waals surface area (Å²) in [6.45, 7) is 3.23. The molecule has 2 aromatic heterocycles. The summed E-state index contributed by atoms with van der Waals surface area (Å²) >= 11 is 0. The lowest BCUT2D eigenvalue weighted by Gasteiger charge is -2.32. The molecule has 0 bridgehead atoms. The summed E-state index contributed by atoms with van der Waals surface area (Å²) in [5.74, 6) is 2.94. The smallest absolute Gasteiger partial charge is 0.236 e. The van der Waals surface area contributed by atoms with Gasteiger partial charge in [-0.05, 0) is 62.1 Å². The molecule has 0 radical (unpaired) electrons. The van der Waals surface area contributed by atoms with Crippen molar-refractivity contribution in [2.45, 2.75) is 45.4 Å². The lowest BCUT2D eigenvalue weighted by atomic mass is 9.93. The molecule has 0 saturated carbocycles. The molecule has 218 valence electrons. The molecular weight excluding hydrogens is 538 g/mol. The molecule has 0 N–H and O–H groups in total. The van der Waals surface area contributed by atoms with Crippen LogP contribution in [-0.4, -0.2) is 35.9 Å². The summed E-state index contributed by atoms with van der Waals surface area (Å²) in [5, 5.41) is 10.7. The Bertz CT molecular complexity index is 1810. The molecule has 1 aliphatic carbocycles. The van der Waals surface area contributed by atoms with Crippen molar-refractivity contribution in [3.8, 4) is 23.5 Å². The number of hydrogen-bond donors (Lipinski definition) is 0. The Morgan fingerprint density at radius 2 is 1.79 bits per heavy atom. The Kier molecular flexibility index (Phi) is 7.99. The number of hydrogen-bond acceptors (Lipinski definition) is 7. The minimum Gasteiger partial charge on any atom is -0.497 e. The number of rotatable bonds is 9. The molecule has 0 saturated heterocycles. The van der Waals surface area contributed by atoms with Crippen LogP contribution in [0.15, 0.2) is 72.8 Å². The van der Waals surface area contributed by atoms with Gasteiger partial charge in [-0.1, -0.05) is 36.4 Å². The van der Waals surface area contributed by atoms with Crippen molar-refractivity contribution in [1.29, 1.82) is 5.26 Å². The molecular formula is C35H35N5O3. The van der Waals surface area contributed by atoms with E-state index in [1.165, 1.54) is 5.56 Å². The van der Waals surface area contributed by atoms with E-state index < -0.39 is 0 Å². The molecule has 1 atom stereocenters. The molecule has 43 heavy (non-hydrogen) atoms. The molecule has 8 heteroatoms. The Labute approximate surface area is 252 Å². The zero-order valence-electron chi connectivity index (χ0n) is 25.0. The summed E-state index contributed by atoms with van der Waals surface area (Å²) in [5.41, 5.74) is 6.71. The third-order valence-corrected chi connectivity index (χ3v) is 8.21. The van der Waals surface area contributed by atoms with Crippen LogP contribution in [0.3, 0.4) is 0 Å². The number of aryl methyl sites for hydroxylation is 1. The van der Waals surface area contributed by atoms with E-state index in [1.54, 1.807) is 21.3 Å². The first-order chi connectivity index (χ1) is 21.0. The van der Waals surface area contributed by atoms with Crippen LogP contribution in [0.5, 0.6) is 11.5 Å². The minimum atomic E-state index is -0.129. The SMILES string of the molecule is COc1ccc(CN(Cc2ccccc2)c2nc(-n3c(C)cc4c(C#N)cccc43)nc3c2CCC[C@@H]3OC)c(OC)c1. The Balaban J connectivity index is 1.57. The van der Waals surface area contributed by atoms with Gasteiger partial charge < -0.3 is 19.1 Å². The van der Waals surface area contributed by atoms with Crippen molar-refractivity contribution in [3.63, 3.8) is 0 Å². The number of nitriles is 1. The van der Waals surface area contributed by atoms with Crippen LogP contribution in [0, 0.1) is 18.3 Å². The molecule has 2 heterocycles. The van der Waals surface area contributed by atoms with Crippen LogP contribution in [0.4, 0.5) is 5.82 Å². The second-order valence-corrected chi connectivity index (χ2v) is 10.8. The van der Waals surface area contributed by atoms with Gasteiger partial charge >= 0.3 is 0 Å². The Morgan fingerprint density at radius 3 is 2.53 bits per heavy atom. The van der Waals surface area contributed by atoms with Gasteiger partial charge in [0.25, 0.3) is 0 Å². The molecule has 8 nitrogen and oxygen atoms in total. The van der Waals surface area contributed by atoms with Gasteiger partial charge in [0.15, 0.2) is 0 Å². The predicted octanol–water partition coefficient (Wildman–Crippen LogP) is 6.85. The van der Waals surface area contributed by atoms with Crippen molar-refractivity contribution >= 4 is 16.7 Å². The van der Waals surface area contributed by atoms with Crippen molar-refractivity contribution in [2.24, 2.45) is 0 Å². The summed E-state index contributed by atoms with van der Waals surface area (Å²) in [6.07, 6.45) is 2.62. The van der Waals surface area contributed by atoms with E-state index in [0.717, 1.165) is 70.0 Å². The van der Waals surface area contributed by atoms with Crippen LogP contribution in [0.25, 0.3) is 16.9 Å². The van der Waals surface area contributed by atoms with E-state index in [1.807, 2.05) is 49.4 Å². The van der Waals surface area contributed by atoms with Gasteiger partial charge in [0.05, 0.1) is 43.2 Å². The van der Waals surface area contributed by atoms with Gasteiger partial charge in [0, 0.05) is 48.5 Å². The lowest BCUT2D eigenvalue weighted by molar-refractivity contribution is 0.0841. The van der Waals surface area contributed by atoms with E-state index in [4.69, 9.17) is 24.2 Å². The first-order valence-corrected chi connectivity index (χ1v) is 14.5. The first kappa shape index (κ1) is 28.3. The summed E-state index contributed by atoms with van der Waals surface area (Å²) < 4.78 is 19.3. The van der Waals surface area contributed by atoms with E-state index in [0.29, 0.717) is 24.6 Å². The molecule has 6 rings (SSSR count). The molecule has 0 fully saturated rings. The van der Waals surface area contributed by atoms with Gasteiger partial charge in [-0.2, -0.15) is 10.2 Å². The molecule has 0 aliphatic heterocycles. The van der Waals surface area contributed by atoms with Gasteiger partial charge in [-0.3, -0.25) is 4.57 Å². The number of benzene rings is 3. The normalized spacial score (nSPS) is 14.3. The number of fused-ring (bicyclic) bond motifs is 2. The van der Waals surface area contributed by atoms with Gasteiger partial charge in [-0.25, -0.2) is 4.98 Å². The van der Waals surface area contributed by atoms with Crippen LogP contribution in [0.1, 0.15) is 52.6 Å². The fraction of sp³-hybridized carbons (Fsp3) is 0.286. The number of ether oxygens (including phenoxy) is 3. The van der Waals surface area contributed by atoms with Crippen molar-refractivity contribution in [1.82, 2.24) is 14.5 Å². The minimum absolute atomic E-state index is 0.129. The van der Waals surface area contributed by atoms with E-state index in [9.17, 15) is 5.26 Å². The second kappa shape index (κ2) is 12.2. The fourth-order valence-electron chi connectivity index (χ4n) is 6.10. The van der Waals surface area contributed by atoms with E-state index in [-0.39, 0.29) is 6.10 Å². The molecule has 0 amide bonds. The van der Waals surface area contributed by atoms with Gasteiger partial charge in [0.1, 0.15) is 17.3 Å². The highest BCUT2D eigenvalue weighted by Gasteiger charge is 2.30. The quantitative estimate of drug-likeness (QED) is 0.191. The van der Waals surface area contributed by atoms with Crippen LogP contribution in [0.2, 0.25) is 0 Å². The lowest BCUT2D eigenvalue weighted by Crippen LogP contribution is -2.28. The highest BCUT2D eigenvalue weighted by atomic mass is 16.5. The predicted molar refractivity (Wildman–Crippen MR) is 167 cm³/mol. The number of methoxy groups -OCH3 is 3. The average Bonchev–Trinajstić information content (AvgIpc) is 3.40. The van der Waals surface area contributed by atoms with Crippen LogP contribution < -0.4 is 14.4 Å². The van der Waals surface area contributed by atoms with Crippen molar-refractivity contribution < 1.29 is 14.2 Å². The van der Waals surface area contributed by atoms with Gasteiger partial charge in [0.2, 0.25) is 5.95 Å². The molecule has 5 aromatic rings. The third-order valence-electron chi connectivity index (χ3n) is 8.21. The molecule has 3 aromatic carbocycles. The van der Waals surface area contributed by atoms with E-state index >= 15 is 0 Å². The molecule has 0 spiro atoms. The number of aromatic nitrogens is 3. The fourth-order valence-corrected chi connectivity index (χ4v) is 6.10. The standard InChI is InChI=1S/C35H35N5O3/c1-23-18-29-25(20-36)12-8-14-30(29)40(23)35-37-33-28(13-9-15-31(33)42-3)34(38-35)39(21-24-10-6-5-7-11-24)22-26-16-17-27(41-2)19-32(26)43-4/h5-8,10-12,14,16-19,31H,9,13,15,21-22H2,1-4H3/t31-/m0/s1. The zero-order chi connectivity index (χ0) is 29.9. The highest BCUT2D eigenvalue weighted by Crippen LogP contribution is 2.38. The van der Waals surface area contributed by atoms with E-state index in [2.05, 4.69) is 45.9 Å². The third kappa shape index (κ3) is 5.40. The molecule has 0 unspecified atom stereocenters. The summed E-state index contributed by atoms with van der Waals surface area (Å²) in [6, 6.07) is 26.5. The second-order valence-electron chi connectivity index (χ2n) is 10.8. The maximum Gasteiger partial charge on any atom is 0.236 e. The zero-order valence-corrected chi connectivity index (χ0v) is 25.0. The maximum atomic E-state index is 9.77. The first-order valence-electron chi connectivity index (χ1n) is 14.5. The van der Waals surface area contributed by atoms with Crippen molar-refractivity contribution in [2.75, 3.05) is 26.2 Å². The van der Waals surface area contributed by atoms with Crippen LogP contribution in [-0.2, 0) is 24.2 Å². The molecule has 1 aliphatic rings. The number of anilines is 1. The monoisotopic (exact) mass is 573 g/mol. The highest BCUT2D eigenvalue weighted by molar-refractivity contribution is 5.88. The van der Waals surface area contributed by atoms with Gasteiger partial charge in [-0.15, -0.1) is 0 Å². The maximum absolute atomic E-state index is 9.77. The Hall–Kier alpha value is -4.87. The topological polar surface area (TPSA) is 85.4 Å². The summed E-state index contributed by atoms with van der Waals surface area (Å²) in [4.78, 5) is 12.8.